The predicted molar refractivity (Wildman–Crippen MR) is 83.3 cm³/mol. The molecule has 1 fully saturated rings. The molecule has 1 aromatic heterocycles. The summed E-state index contributed by atoms with van der Waals surface area (Å²) < 4.78 is 7.85. The maximum atomic E-state index is 5.43. The summed E-state index contributed by atoms with van der Waals surface area (Å²) in [5, 5.41) is 2.75. The Labute approximate surface area is 119 Å². The molecule has 0 bridgehead atoms. The van der Waals surface area contributed by atoms with Crippen molar-refractivity contribution in [3.63, 3.8) is 0 Å². The largest absolute Gasteiger partial charge is 0.371 e. The summed E-state index contributed by atoms with van der Waals surface area (Å²) in [6.07, 6.45) is 1.49. The van der Waals surface area contributed by atoms with Crippen LogP contribution in [0, 0.1) is 6.92 Å². The molecule has 0 spiro atoms. The van der Waals surface area contributed by atoms with Crippen molar-refractivity contribution in [3.05, 3.63) is 47.5 Å². The van der Waals surface area contributed by atoms with Gasteiger partial charge >= 0.3 is 0 Å². The lowest BCUT2D eigenvalue weighted by Crippen LogP contribution is -2.03. The molecule has 0 amide bonds. The molecule has 1 aliphatic rings. The van der Waals surface area contributed by atoms with Crippen LogP contribution in [0.1, 0.15) is 18.1 Å². The van der Waals surface area contributed by atoms with E-state index in [0.717, 1.165) is 19.6 Å². The van der Waals surface area contributed by atoms with Gasteiger partial charge in [-0.1, -0.05) is 24.6 Å². The van der Waals surface area contributed by atoms with Gasteiger partial charge in [0.05, 0.1) is 19.3 Å². The summed E-state index contributed by atoms with van der Waals surface area (Å²) in [6, 6.07) is 13.6. The molecule has 0 aliphatic carbocycles. The first-order valence-electron chi connectivity index (χ1n) is 7.39. The fraction of sp³-hybridized carbons (Fsp3) is 0.333. The van der Waals surface area contributed by atoms with Crippen molar-refractivity contribution in [1.29, 1.82) is 0 Å². The van der Waals surface area contributed by atoms with Crippen molar-refractivity contribution in [2.75, 3.05) is 6.61 Å². The SMILES string of the molecule is CCc1ccc2c(c1)c1cc(C)ccc1n2CC1CO1. The number of epoxide rings is 1. The van der Waals surface area contributed by atoms with Gasteiger partial charge in [0.15, 0.2) is 0 Å². The number of ether oxygens (including phenoxy) is 1. The summed E-state index contributed by atoms with van der Waals surface area (Å²) in [7, 11) is 0. The van der Waals surface area contributed by atoms with Gasteiger partial charge in [0.25, 0.3) is 0 Å². The van der Waals surface area contributed by atoms with E-state index in [1.54, 1.807) is 0 Å². The van der Waals surface area contributed by atoms with Crippen LogP contribution < -0.4 is 0 Å². The lowest BCUT2D eigenvalue weighted by atomic mass is 10.1. The van der Waals surface area contributed by atoms with Gasteiger partial charge in [-0.25, -0.2) is 0 Å². The molecular formula is C18H19NO. The first-order chi connectivity index (χ1) is 9.76. The Hall–Kier alpha value is -1.80. The van der Waals surface area contributed by atoms with E-state index in [2.05, 4.69) is 54.8 Å². The Morgan fingerprint density at radius 1 is 1.10 bits per heavy atom. The highest BCUT2D eigenvalue weighted by atomic mass is 16.6. The first kappa shape index (κ1) is 12.0. The maximum Gasteiger partial charge on any atom is 0.0988 e. The van der Waals surface area contributed by atoms with Crippen molar-refractivity contribution in [2.24, 2.45) is 0 Å². The number of hydrogen-bond donors (Lipinski definition) is 0. The van der Waals surface area contributed by atoms with Crippen molar-refractivity contribution in [3.8, 4) is 0 Å². The highest BCUT2D eigenvalue weighted by Gasteiger charge is 2.24. The third-order valence-electron chi connectivity index (χ3n) is 4.28. The number of benzene rings is 2. The third kappa shape index (κ3) is 1.83. The molecule has 4 rings (SSSR count). The van der Waals surface area contributed by atoms with Gasteiger partial charge in [0.1, 0.15) is 0 Å². The fourth-order valence-electron chi connectivity index (χ4n) is 3.06. The van der Waals surface area contributed by atoms with Crippen LogP contribution in [0.3, 0.4) is 0 Å². The Morgan fingerprint density at radius 2 is 1.80 bits per heavy atom. The summed E-state index contributed by atoms with van der Waals surface area (Å²) in [6.45, 7) is 6.24. The lowest BCUT2D eigenvalue weighted by molar-refractivity contribution is 0.387. The molecule has 102 valence electrons. The van der Waals surface area contributed by atoms with Crippen LogP contribution in [0.5, 0.6) is 0 Å². The molecule has 1 saturated heterocycles. The van der Waals surface area contributed by atoms with Gasteiger partial charge in [-0.15, -0.1) is 0 Å². The van der Waals surface area contributed by atoms with E-state index in [0.29, 0.717) is 6.10 Å². The topological polar surface area (TPSA) is 17.5 Å². The van der Waals surface area contributed by atoms with Crippen molar-refractivity contribution >= 4 is 21.8 Å². The summed E-state index contributed by atoms with van der Waals surface area (Å²) in [4.78, 5) is 0. The zero-order valence-electron chi connectivity index (χ0n) is 12.0. The summed E-state index contributed by atoms with van der Waals surface area (Å²) in [5.41, 5.74) is 5.38. The molecule has 2 heteroatoms. The smallest absolute Gasteiger partial charge is 0.0988 e. The Kier molecular flexibility index (Phi) is 2.61. The number of nitrogens with zero attached hydrogens (tertiary/aromatic N) is 1. The van der Waals surface area contributed by atoms with Crippen LogP contribution in [0.4, 0.5) is 0 Å². The van der Waals surface area contributed by atoms with E-state index < -0.39 is 0 Å². The first-order valence-corrected chi connectivity index (χ1v) is 7.39. The second kappa shape index (κ2) is 4.35. The molecular weight excluding hydrogens is 246 g/mol. The van der Waals surface area contributed by atoms with Gasteiger partial charge in [-0.3, -0.25) is 0 Å². The minimum atomic E-state index is 0.404. The van der Waals surface area contributed by atoms with Gasteiger partial charge in [-0.2, -0.15) is 0 Å². The summed E-state index contributed by atoms with van der Waals surface area (Å²) >= 11 is 0. The maximum absolute atomic E-state index is 5.43. The molecule has 0 saturated carbocycles. The fourth-order valence-corrected chi connectivity index (χ4v) is 3.06. The van der Waals surface area contributed by atoms with E-state index in [-0.39, 0.29) is 0 Å². The summed E-state index contributed by atoms with van der Waals surface area (Å²) in [5.74, 6) is 0. The van der Waals surface area contributed by atoms with E-state index in [9.17, 15) is 0 Å². The standard InChI is InChI=1S/C18H19NO/c1-3-13-5-7-18-16(9-13)15-8-12(2)4-6-17(15)19(18)10-14-11-20-14/h4-9,14H,3,10-11H2,1-2H3. The molecule has 1 unspecified atom stereocenters. The second-order valence-corrected chi connectivity index (χ2v) is 5.79. The Morgan fingerprint density at radius 3 is 2.50 bits per heavy atom. The average molecular weight is 265 g/mol. The van der Waals surface area contributed by atoms with Crippen LogP contribution >= 0.6 is 0 Å². The molecule has 1 aliphatic heterocycles. The van der Waals surface area contributed by atoms with E-state index in [1.165, 1.54) is 32.9 Å². The quantitative estimate of drug-likeness (QED) is 0.653. The number of fused-ring (bicyclic) bond motifs is 3. The van der Waals surface area contributed by atoms with Gasteiger partial charge in [0, 0.05) is 21.8 Å². The molecule has 0 N–H and O–H groups in total. The Bertz CT molecular complexity index is 796. The van der Waals surface area contributed by atoms with Gasteiger partial charge < -0.3 is 9.30 Å². The molecule has 2 nitrogen and oxygen atoms in total. The highest BCUT2D eigenvalue weighted by molar-refractivity contribution is 6.08. The zero-order valence-corrected chi connectivity index (χ0v) is 12.0. The molecule has 0 radical (unpaired) electrons. The van der Waals surface area contributed by atoms with E-state index in [4.69, 9.17) is 4.74 Å². The van der Waals surface area contributed by atoms with E-state index in [1.807, 2.05) is 0 Å². The minimum absolute atomic E-state index is 0.404. The molecule has 3 aromatic rings. The monoisotopic (exact) mass is 265 g/mol. The molecule has 20 heavy (non-hydrogen) atoms. The minimum Gasteiger partial charge on any atom is -0.371 e. The number of hydrogen-bond acceptors (Lipinski definition) is 1. The van der Waals surface area contributed by atoms with Crippen LogP contribution in [0.15, 0.2) is 36.4 Å². The number of aromatic nitrogens is 1. The van der Waals surface area contributed by atoms with Crippen molar-refractivity contribution < 1.29 is 4.74 Å². The molecule has 1 atom stereocenters. The van der Waals surface area contributed by atoms with Crippen LogP contribution in [0.2, 0.25) is 0 Å². The molecule has 2 aromatic carbocycles. The van der Waals surface area contributed by atoms with Crippen molar-refractivity contribution in [2.45, 2.75) is 32.9 Å². The van der Waals surface area contributed by atoms with Gasteiger partial charge in [0.2, 0.25) is 0 Å². The van der Waals surface area contributed by atoms with Crippen molar-refractivity contribution in [1.82, 2.24) is 4.57 Å². The zero-order chi connectivity index (χ0) is 13.7. The highest BCUT2D eigenvalue weighted by Crippen LogP contribution is 2.32. The van der Waals surface area contributed by atoms with E-state index >= 15 is 0 Å². The molecule has 2 heterocycles. The normalized spacial score (nSPS) is 18.0. The lowest BCUT2D eigenvalue weighted by Gasteiger charge is -2.05. The third-order valence-corrected chi connectivity index (χ3v) is 4.28. The van der Waals surface area contributed by atoms with Gasteiger partial charge in [-0.05, 0) is 43.2 Å². The van der Waals surface area contributed by atoms with Crippen LogP contribution in [-0.4, -0.2) is 17.3 Å². The number of rotatable bonds is 3. The second-order valence-electron chi connectivity index (χ2n) is 5.79. The van der Waals surface area contributed by atoms with Crippen LogP contribution in [0.25, 0.3) is 21.8 Å². The number of aryl methyl sites for hydroxylation is 2. The Balaban J connectivity index is 2.05. The average Bonchev–Trinajstić information content (AvgIpc) is 3.23. The van der Waals surface area contributed by atoms with Crippen LogP contribution in [-0.2, 0) is 17.7 Å². The predicted octanol–water partition coefficient (Wildman–Crippen LogP) is 4.06.